The fraction of sp³-hybridized carbons (Fsp3) is 0.125. The lowest BCUT2D eigenvalue weighted by atomic mass is 10.0. The molecule has 0 unspecified atom stereocenters. The maximum atomic E-state index is 13.3. The van der Waals surface area contributed by atoms with Gasteiger partial charge in [0.25, 0.3) is 5.91 Å². The Balaban J connectivity index is 1.51. The Hall–Kier alpha value is -3.93. The van der Waals surface area contributed by atoms with E-state index < -0.39 is 0 Å². The predicted octanol–water partition coefficient (Wildman–Crippen LogP) is 4.64. The summed E-state index contributed by atoms with van der Waals surface area (Å²) in [6.45, 7) is 3.96. The van der Waals surface area contributed by atoms with Crippen LogP contribution in [0.15, 0.2) is 63.6 Å². The lowest BCUT2D eigenvalue weighted by Gasteiger charge is -2.29. The van der Waals surface area contributed by atoms with E-state index in [1.54, 1.807) is 4.90 Å². The summed E-state index contributed by atoms with van der Waals surface area (Å²) in [4.78, 5) is 19.4. The molecule has 0 fully saturated rings. The van der Waals surface area contributed by atoms with Crippen molar-refractivity contribution >= 4 is 35.7 Å². The first-order chi connectivity index (χ1) is 14.6. The molecule has 148 valence electrons. The number of nitrogens with zero attached hydrogens (tertiary/aromatic N) is 3. The van der Waals surface area contributed by atoms with Crippen molar-refractivity contribution in [2.24, 2.45) is 4.99 Å². The Morgan fingerprint density at radius 1 is 1.07 bits per heavy atom. The normalized spacial score (nSPS) is 15.4. The first-order valence-electron chi connectivity index (χ1n) is 9.66. The van der Waals surface area contributed by atoms with Gasteiger partial charge >= 0.3 is 0 Å². The van der Waals surface area contributed by atoms with E-state index in [4.69, 9.17) is 9.26 Å². The summed E-state index contributed by atoms with van der Waals surface area (Å²) in [5.41, 5.74) is 4.66. The first-order valence-corrected chi connectivity index (χ1v) is 9.66. The van der Waals surface area contributed by atoms with E-state index in [2.05, 4.69) is 10.1 Å². The maximum Gasteiger partial charge on any atom is 0.265 e. The zero-order chi connectivity index (χ0) is 20.7. The van der Waals surface area contributed by atoms with Crippen LogP contribution in [0.3, 0.4) is 0 Å². The Morgan fingerprint density at radius 3 is 2.73 bits per heavy atom. The SMILES string of the molecule is Cc1ccc2c(c1)C=C1C(=O)N(c3c(C)noc3/C=C/c3ccccc3)CN=C1O2. The van der Waals surface area contributed by atoms with E-state index in [-0.39, 0.29) is 12.6 Å². The second kappa shape index (κ2) is 7.15. The third-order valence-electron chi connectivity index (χ3n) is 5.09. The van der Waals surface area contributed by atoms with Crippen molar-refractivity contribution in [2.45, 2.75) is 13.8 Å². The molecule has 0 bridgehead atoms. The van der Waals surface area contributed by atoms with Gasteiger partial charge in [-0.2, -0.15) is 0 Å². The molecule has 3 aromatic rings. The molecule has 5 rings (SSSR count). The second-order valence-corrected chi connectivity index (χ2v) is 7.26. The highest BCUT2D eigenvalue weighted by molar-refractivity contribution is 6.29. The highest BCUT2D eigenvalue weighted by Crippen LogP contribution is 2.34. The van der Waals surface area contributed by atoms with E-state index in [0.29, 0.717) is 34.4 Å². The number of carbonyl (C=O) groups is 1. The molecule has 0 aliphatic carbocycles. The number of anilines is 1. The molecule has 0 saturated heterocycles. The molecule has 3 heterocycles. The number of hydrogen-bond donors (Lipinski definition) is 0. The number of hydrogen-bond acceptors (Lipinski definition) is 5. The van der Waals surface area contributed by atoms with E-state index >= 15 is 0 Å². The van der Waals surface area contributed by atoms with Gasteiger partial charge in [0.15, 0.2) is 5.76 Å². The second-order valence-electron chi connectivity index (χ2n) is 7.26. The van der Waals surface area contributed by atoms with Gasteiger partial charge in [0.05, 0.1) is 0 Å². The Labute approximate surface area is 173 Å². The summed E-state index contributed by atoms with van der Waals surface area (Å²) >= 11 is 0. The van der Waals surface area contributed by atoms with Crippen LogP contribution in [0.4, 0.5) is 5.69 Å². The molecule has 0 radical (unpaired) electrons. The van der Waals surface area contributed by atoms with Gasteiger partial charge in [-0.15, -0.1) is 0 Å². The van der Waals surface area contributed by atoms with Crippen molar-refractivity contribution in [2.75, 3.05) is 11.6 Å². The van der Waals surface area contributed by atoms with Gasteiger partial charge in [0, 0.05) is 5.56 Å². The summed E-state index contributed by atoms with van der Waals surface area (Å²) in [5.74, 6) is 1.38. The van der Waals surface area contributed by atoms with Crippen molar-refractivity contribution in [1.29, 1.82) is 0 Å². The molecule has 6 nitrogen and oxygen atoms in total. The molecule has 2 aromatic carbocycles. The molecule has 0 saturated carbocycles. The molecule has 0 atom stereocenters. The third-order valence-corrected chi connectivity index (χ3v) is 5.09. The van der Waals surface area contributed by atoms with Crippen LogP contribution in [0.5, 0.6) is 5.75 Å². The zero-order valence-corrected chi connectivity index (χ0v) is 16.6. The summed E-state index contributed by atoms with van der Waals surface area (Å²) in [5, 5.41) is 4.07. The molecule has 0 spiro atoms. The first kappa shape index (κ1) is 18.1. The Morgan fingerprint density at radius 2 is 1.90 bits per heavy atom. The number of benzene rings is 2. The van der Waals surface area contributed by atoms with Gasteiger partial charge in [-0.25, -0.2) is 4.99 Å². The highest BCUT2D eigenvalue weighted by Gasteiger charge is 2.35. The van der Waals surface area contributed by atoms with Crippen LogP contribution in [-0.4, -0.2) is 23.6 Å². The Bertz CT molecular complexity index is 1240. The summed E-state index contributed by atoms with van der Waals surface area (Å²) in [7, 11) is 0. The van der Waals surface area contributed by atoms with Crippen LogP contribution in [0.1, 0.15) is 28.1 Å². The van der Waals surface area contributed by atoms with Gasteiger partial charge in [-0.1, -0.05) is 53.2 Å². The number of aryl methyl sites for hydroxylation is 2. The van der Waals surface area contributed by atoms with E-state index in [1.807, 2.05) is 80.6 Å². The number of ether oxygens (including phenoxy) is 1. The van der Waals surface area contributed by atoms with Crippen LogP contribution >= 0.6 is 0 Å². The molecular weight excluding hydrogens is 378 g/mol. The quantitative estimate of drug-likeness (QED) is 0.646. The summed E-state index contributed by atoms with van der Waals surface area (Å²) in [6.07, 6.45) is 5.58. The van der Waals surface area contributed by atoms with Gasteiger partial charge in [0.2, 0.25) is 5.90 Å². The molecule has 0 N–H and O–H groups in total. The molecule has 2 aliphatic heterocycles. The topological polar surface area (TPSA) is 67.9 Å². The minimum atomic E-state index is -0.187. The van der Waals surface area contributed by atoms with Gasteiger partial charge in [0.1, 0.15) is 29.4 Å². The number of aliphatic imine (C=N–C) groups is 1. The highest BCUT2D eigenvalue weighted by atomic mass is 16.5. The van der Waals surface area contributed by atoms with Crippen LogP contribution in [-0.2, 0) is 4.79 Å². The van der Waals surface area contributed by atoms with Crippen molar-refractivity contribution in [3.05, 3.63) is 82.2 Å². The van der Waals surface area contributed by atoms with E-state index in [1.165, 1.54) is 0 Å². The maximum absolute atomic E-state index is 13.3. The van der Waals surface area contributed by atoms with Crippen molar-refractivity contribution < 1.29 is 14.1 Å². The summed E-state index contributed by atoms with van der Waals surface area (Å²) < 4.78 is 11.4. The number of carbonyl (C=O) groups excluding carboxylic acids is 1. The molecule has 6 heteroatoms. The average molecular weight is 397 g/mol. The monoisotopic (exact) mass is 397 g/mol. The number of rotatable bonds is 3. The fourth-order valence-corrected chi connectivity index (χ4v) is 3.59. The minimum absolute atomic E-state index is 0.140. The number of amides is 1. The third kappa shape index (κ3) is 3.12. The minimum Gasteiger partial charge on any atom is -0.438 e. The van der Waals surface area contributed by atoms with Gasteiger partial charge in [-0.3, -0.25) is 9.69 Å². The van der Waals surface area contributed by atoms with Crippen LogP contribution in [0, 0.1) is 13.8 Å². The van der Waals surface area contributed by atoms with Crippen molar-refractivity contribution in [3.8, 4) is 5.75 Å². The lowest BCUT2D eigenvalue weighted by molar-refractivity contribution is -0.114. The fourth-order valence-electron chi connectivity index (χ4n) is 3.59. The largest absolute Gasteiger partial charge is 0.438 e. The van der Waals surface area contributed by atoms with Gasteiger partial charge < -0.3 is 9.26 Å². The smallest absolute Gasteiger partial charge is 0.265 e. The van der Waals surface area contributed by atoms with Crippen LogP contribution in [0.2, 0.25) is 0 Å². The molecular formula is C24H19N3O3. The molecule has 1 amide bonds. The number of fused-ring (bicyclic) bond motifs is 2. The van der Waals surface area contributed by atoms with Crippen LogP contribution in [0.25, 0.3) is 18.2 Å². The van der Waals surface area contributed by atoms with Crippen LogP contribution < -0.4 is 9.64 Å². The predicted molar refractivity (Wildman–Crippen MR) is 116 cm³/mol. The summed E-state index contributed by atoms with van der Waals surface area (Å²) in [6, 6.07) is 15.7. The number of aromatic nitrogens is 1. The van der Waals surface area contributed by atoms with E-state index in [9.17, 15) is 4.79 Å². The Kier molecular flexibility index (Phi) is 4.32. The average Bonchev–Trinajstić information content (AvgIpc) is 3.12. The van der Waals surface area contributed by atoms with Crippen molar-refractivity contribution in [3.63, 3.8) is 0 Å². The van der Waals surface area contributed by atoms with Crippen molar-refractivity contribution in [1.82, 2.24) is 5.16 Å². The van der Waals surface area contributed by atoms with E-state index in [0.717, 1.165) is 16.7 Å². The molecule has 30 heavy (non-hydrogen) atoms. The zero-order valence-electron chi connectivity index (χ0n) is 16.6. The van der Waals surface area contributed by atoms with Gasteiger partial charge in [-0.05, 0) is 43.7 Å². The lowest BCUT2D eigenvalue weighted by Crippen LogP contribution is -2.41. The standard InChI is InChI=1S/C24H19N3O3/c1-15-8-10-20-18(12-15)13-19-23(29-20)25-14-27(24(19)28)22-16(2)26-30-21(22)11-9-17-6-4-3-5-7-17/h3-13H,14H2,1-2H3/b11-9+. The molecule has 1 aromatic heterocycles. The molecule has 2 aliphatic rings.